The SMILES string of the molecule is C[C@@H]1C(=O)N[C@@H](CCCN=C(N)N)C(=O)N[C@@H](Cc2ccc3ccccc3c2)C(=O)NCC(=O)N[C@H](Cc2ccc(O)cc2)C(=O)N1CCCCCCCNC(=O)c1ccc(F)cc1. The highest BCUT2D eigenvalue weighted by Gasteiger charge is 2.35. The predicted octanol–water partition coefficient (Wildman–Crippen LogP) is 2.71. The van der Waals surface area contributed by atoms with Crippen LogP contribution in [0.3, 0.4) is 0 Å². The minimum absolute atomic E-state index is 0.00529. The molecule has 4 aromatic carbocycles. The van der Waals surface area contributed by atoms with Gasteiger partial charge in [0.15, 0.2) is 5.96 Å². The first-order chi connectivity index (χ1) is 30.8. The second-order valence-corrected chi connectivity index (χ2v) is 15.9. The number of unbranched alkanes of at least 4 members (excludes halogenated alkanes) is 4. The summed E-state index contributed by atoms with van der Waals surface area (Å²) in [5.74, 6) is -4.00. The van der Waals surface area contributed by atoms with Gasteiger partial charge in [0.1, 0.15) is 35.7 Å². The van der Waals surface area contributed by atoms with Gasteiger partial charge in [-0.2, -0.15) is 0 Å². The van der Waals surface area contributed by atoms with Gasteiger partial charge in [-0.15, -0.1) is 0 Å². The maximum Gasteiger partial charge on any atom is 0.251 e. The van der Waals surface area contributed by atoms with E-state index in [9.17, 15) is 38.3 Å². The van der Waals surface area contributed by atoms with Gasteiger partial charge < -0.3 is 48.1 Å². The third kappa shape index (κ3) is 14.8. The monoisotopic (exact) mass is 879 g/mol. The Morgan fingerprint density at radius 1 is 0.750 bits per heavy atom. The minimum atomic E-state index is -1.18. The molecule has 5 rings (SSSR count). The number of nitrogens with one attached hydrogen (secondary N) is 5. The van der Waals surface area contributed by atoms with E-state index in [4.69, 9.17) is 11.5 Å². The van der Waals surface area contributed by atoms with E-state index in [1.165, 1.54) is 41.3 Å². The number of rotatable bonds is 17. The summed E-state index contributed by atoms with van der Waals surface area (Å²) in [6.45, 7) is 1.75. The zero-order chi connectivity index (χ0) is 46.0. The van der Waals surface area contributed by atoms with Crippen LogP contribution in [-0.4, -0.2) is 102 Å². The van der Waals surface area contributed by atoms with Gasteiger partial charge in [-0.25, -0.2) is 4.39 Å². The lowest BCUT2D eigenvalue weighted by molar-refractivity contribution is -0.143. The number of hydrogen-bond donors (Lipinski definition) is 8. The fraction of sp³-hybridized carbons (Fsp3) is 0.383. The fourth-order valence-electron chi connectivity index (χ4n) is 7.43. The molecule has 6 amide bonds. The van der Waals surface area contributed by atoms with Crippen LogP contribution in [0.25, 0.3) is 10.8 Å². The molecule has 16 nitrogen and oxygen atoms in total. The molecule has 4 aromatic rings. The largest absolute Gasteiger partial charge is 0.508 e. The Balaban J connectivity index is 1.35. The lowest BCUT2D eigenvalue weighted by Gasteiger charge is -2.33. The summed E-state index contributed by atoms with van der Waals surface area (Å²) in [5.41, 5.74) is 12.8. The van der Waals surface area contributed by atoms with Gasteiger partial charge in [0, 0.05) is 38.0 Å². The molecular weight excluding hydrogens is 822 g/mol. The van der Waals surface area contributed by atoms with Crippen LogP contribution >= 0.6 is 0 Å². The standard InChI is InChI=1S/C47H58FN9O7/c1-30-42(60)55-38(12-9-24-52-47(49)50)45(63)56-39(28-32-13-16-33-10-5-6-11-35(33)26-32)44(62)53-29-41(59)54-40(27-31-14-21-37(58)22-15-31)46(64)57(30)25-8-4-2-3-7-23-51-43(61)34-17-19-36(48)20-18-34/h5-6,10-11,13-22,26,30,38-40,58H,2-4,7-9,12,23-25,27-29H2,1H3,(H,51,61)(H,53,62)(H,54,59)(H,55,60)(H,56,63)(H4,49,50,52)/t30-,38+,39+,40-/m1/s1. The average Bonchev–Trinajstić information content (AvgIpc) is 3.28. The van der Waals surface area contributed by atoms with E-state index in [0.29, 0.717) is 36.9 Å². The van der Waals surface area contributed by atoms with Gasteiger partial charge >= 0.3 is 0 Å². The molecule has 0 saturated carbocycles. The number of nitrogens with two attached hydrogens (primary N) is 2. The molecule has 0 spiro atoms. The van der Waals surface area contributed by atoms with Crippen molar-refractivity contribution in [2.24, 2.45) is 16.5 Å². The predicted molar refractivity (Wildman–Crippen MR) is 241 cm³/mol. The van der Waals surface area contributed by atoms with Crippen LogP contribution in [-0.2, 0) is 36.8 Å². The van der Waals surface area contributed by atoms with Gasteiger partial charge in [-0.05, 0) is 90.9 Å². The van der Waals surface area contributed by atoms with Crippen LogP contribution in [0.2, 0.25) is 0 Å². The van der Waals surface area contributed by atoms with Crippen LogP contribution < -0.4 is 38.1 Å². The molecule has 0 bridgehead atoms. The van der Waals surface area contributed by atoms with E-state index in [1.54, 1.807) is 19.1 Å². The molecule has 0 aromatic heterocycles. The van der Waals surface area contributed by atoms with Crippen molar-refractivity contribution in [1.82, 2.24) is 31.5 Å². The lowest BCUT2D eigenvalue weighted by Crippen LogP contribution is -2.58. The van der Waals surface area contributed by atoms with Gasteiger partial charge in [0.25, 0.3) is 5.91 Å². The maximum absolute atomic E-state index is 14.6. The molecule has 64 heavy (non-hydrogen) atoms. The topological polar surface area (TPSA) is 250 Å². The number of nitrogens with zero attached hydrogens (tertiary/aromatic N) is 2. The highest BCUT2D eigenvalue weighted by molar-refractivity contribution is 5.97. The normalized spacial score (nSPS) is 18.8. The fourth-order valence-corrected chi connectivity index (χ4v) is 7.43. The number of phenolic OH excluding ortho intramolecular Hbond substituents is 1. The Morgan fingerprint density at radius 2 is 1.41 bits per heavy atom. The third-order valence-corrected chi connectivity index (χ3v) is 11.0. The number of aliphatic imine (C=N–C) groups is 1. The molecule has 4 atom stereocenters. The van der Waals surface area contributed by atoms with Gasteiger partial charge in [-0.1, -0.05) is 73.9 Å². The summed E-state index contributed by atoms with van der Waals surface area (Å²) in [5, 5.41) is 25.7. The van der Waals surface area contributed by atoms with Crippen LogP contribution in [0.1, 0.15) is 73.4 Å². The molecular formula is C47H58FN9O7. The number of benzene rings is 4. The number of guanidine groups is 1. The number of fused-ring (bicyclic) bond motifs is 1. The summed E-state index contributed by atoms with van der Waals surface area (Å²) < 4.78 is 13.2. The Bertz CT molecular complexity index is 2270. The van der Waals surface area contributed by atoms with Crippen molar-refractivity contribution < 1.29 is 38.3 Å². The maximum atomic E-state index is 14.6. The van der Waals surface area contributed by atoms with Gasteiger partial charge in [0.2, 0.25) is 29.5 Å². The molecule has 0 radical (unpaired) electrons. The van der Waals surface area contributed by atoms with Crippen molar-refractivity contribution in [2.75, 3.05) is 26.2 Å². The number of carbonyl (C=O) groups excluding carboxylic acids is 6. The highest BCUT2D eigenvalue weighted by atomic mass is 19.1. The van der Waals surface area contributed by atoms with Crippen LogP contribution in [0, 0.1) is 5.82 Å². The minimum Gasteiger partial charge on any atom is -0.508 e. The number of hydrogen-bond acceptors (Lipinski definition) is 8. The Hall–Kier alpha value is -7.04. The second kappa shape index (κ2) is 24.0. The molecule has 1 aliphatic rings. The number of aromatic hydroxyl groups is 1. The first-order valence-corrected chi connectivity index (χ1v) is 21.6. The third-order valence-electron chi connectivity index (χ3n) is 11.0. The van der Waals surface area contributed by atoms with E-state index in [0.717, 1.165) is 29.2 Å². The molecule has 1 aliphatic heterocycles. The average molecular weight is 880 g/mol. The molecule has 0 unspecified atom stereocenters. The zero-order valence-electron chi connectivity index (χ0n) is 36.0. The summed E-state index contributed by atoms with van der Waals surface area (Å²) >= 11 is 0. The number of carbonyl (C=O) groups is 6. The van der Waals surface area contributed by atoms with Crippen molar-refractivity contribution in [3.63, 3.8) is 0 Å². The molecule has 1 fully saturated rings. The number of phenols is 1. The summed E-state index contributed by atoms with van der Waals surface area (Å²) in [6.07, 6.45) is 3.80. The smallest absolute Gasteiger partial charge is 0.251 e. The van der Waals surface area contributed by atoms with Crippen molar-refractivity contribution in [1.29, 1.82) is 0 Å². The van der Waals surface area contributed by atoms with Crippen LogP contribution in [0.4, 0.5) is 4.39 Å². The number of amides is 6. The summed E-state index contributed by atoms with van der Waals surface area (Å²) in [6, 6.07) is 20.2. The second-order valence-electron chi connectivity index (χ2n) is 15.9. The molecule has 17 heteroatoms. The van der Waals surface area contributed by atoms with Crippen LogP contribution in [0.15, 0.2) is 96.0 Å². The summed E-state index contributed by atoms with van der Waals surface area (Å²) in [4.78, 5) is 88.2. The quantitative estimate of drug-likeness (QED) is 0.0441. The first kappa shape index (κ1) is 48.0. The highest BCUT2D eigenvalue weighted by Crippen LogP contribution is 2.19. The van der Waals surface area contributed by atoms with E-state index < -0.39 is 66.1 Å². The van der Waals surface area contributed by atoms with E-state index in [1.807, 2.05) is 42.5 Å². The zero-order valence-corrected chi connectivity index (χ0v) is 36.0. The van der Waals surface area contributed by atoms with E-state index >= 15 is 0 Å². The van der Waals surface area contributed by atoms with Crippen molar-refractivity contribution >= 4 is 52.2 Å². The lowest BCUT2D eigenvalue weighted by atomic mass is 10.0. The molecule has 10 N–H and O–H groups in total. The number of halogens is 1. The van der Waals surface area contributed by atoms with Crippen molar-refractivity contribution in [3.05, 3.63) is 114 Å². The Kier molecular flexibility index (Phi) is 18.0. The van der Waals surface area contributed by atoms with E-state index in [-0.39, 0.29) is 56.4 Å². The Labute approximate surface area is 371 Å². The van der Waals surface area contributed by atoms with Gasteiger partial charge in [-0.3, -0.25) is 33.8 Å². The van der Waals surface area contributed by atoms with Crippen molar-refractivity contribution in [3.8, 4) is 5.75 Å². The van der Waals surface area contributed by atoms with E-state index in [2.05, 4.69) is 31.6 Å². The van der Waals surface area contributed by atoms with Crippen molar-refractivity contribution in [2.45, 2.75) is 88.9 Å². The molecule has 340 valence electrons. The molecule has 1 saturated heterocycles. The van der Waals surface area contributed by atoms with Gasteiger partial charge in [0.05, 0.1) is 6.54 Å². The first-order valence-electron chi connectivity index (χ1n) is 21.6. The molecule has 1 heterocycles. The Morgan fingerprint density at radius 3 is 2.14 bits per heavy atom. The van der Waals surface area contributed by atoms with Crippen LogP contribution in [0.5, 0.6) is 5.75 Å². The summed E-state index contributed by atoms with van der Waals surface area (Å²) in [7, 11) is 0. The molecule has 0 aliphatic carbocycles.